The normalized spacial score (nSPS) is 15.2. The Morgan fingerprint density at radius 3 is 2.45 bits per heavy atom. The van der Waals surface area contributed by atoms with Gasteiger partial charge in [0.25, 0.3) is 0 Å². The van der Waals surface area contributed by atoms with Gasteiger partial charge in [-0.15, -0.1) is 11.8 Å². The number of rotatable bonds is 5. The monoisotopic (exact) mass is 296 g/mol. The average molecular weight is 296 g/mol. The highest BCUT2D eigenvalue weighted by atomic mass is 32.2. The van der Waals surface area contributed by atoms with Crippen LogP contribution >= 0.6 is 11.8 Å². The van der Waals surface area contributed by atoms with Crippen LogP contribution in [0.4, 0.5) is 4.39 Å². The second-order valence-corrected chi connectivity index (χ2v) is 5.63. The quantitative estimate of drug-likeness (QED) is 0.770. The Morgan fingerprint density at radius 2 is 1.85 bits per heavy atom. The van der Waals surface area contributed by atoms with E-state index in [1.165, 1.54) is 23.9 Å². The first-order valence-corrected chi connectivity index (χ1v) is 7.64. The summed E-state index contributed by atoms with van der Waals surface area (Å²) < 4.78 is 12.7. The summed E-state index contributed by atoms with van der Waals surface area (Å²) in [6, 6.07) is 6.32. The molecule has 0 N–H and O–H groups in total. The van der Waals surface area contributed by atoms with Crippen molar-refractivity contribution < 1.29 is 14.0 Å². The van der Waals surface area contributed by atoms with E-state index in [1.807, 2.05) is 0 Å². The maximum Gasteiger partial charge on any atom is 0.232 e. The molecule has 0 unspecified atom stereocenters. The van der Waals surface area contributed by atoms with Crippen molar-refractivity contribution >= 4 is 24.1 Å². The first-order valence-electron chi connectivity index (χ1n) is 6.48. The van der Waals surface area contributed by atoms with Crippen molar-refractivity contribution in [2.45, 2.75) is 5.75 Å². The van der Waals surface area contributed by atoms with Crippen LogP contribution in [0.25, 0.3) is 0 Å². The maximum absolute atomic E-state index is 12.7. The van der Waals surface area contributed by atoms with Crippen molar-refractivity contribution in [2.75, 3.05) is 31.9 Å². The number of amides is 2. The van der Waals surface area contributed by atoms with Crippen LogP contribution in [-0.2, 0) is 15.3 Å². The highest BCUT2D eigenvalue weighted by molar-refractivity contribution is 7.99. The first kappa shape index (κ1) is 14.8. The Hall–Kier alpha value is -1.56. The molecule has 0 saturated carbocycles. The van der Waals surface area contributed by atoms with Crippen LogP contribution in [0.1, 0.15) is 5.56 Å². The van der Waals surface area contributed by atoms with Gasteiger partial charge in [-0.1, -0.05) is 12.1 Å². The van der Waals surface area contributed by atoms with Gasteiger partial charge in [0.15, 0.2) is 0 Å². The summed E-state index contributed by atoms with van der Waals surface area (Å²) in [5, 5.41) is 0. The van der Waals surface area contributed by atoms with Crippen LogP contribution < -0.4 is 0 Å². The van der Waals surface area contributed by atoms with Crippen LogP contribution in [0.5, 0.6) is 0 Å². The number of hydrogen-bond donors (Lipinski definition) is 0. The van der Waals surface area contributed by atoms with Gasteiger partial charge in [0.2, 0.25) is 12.3 Å². The van der Waals surface area contributed by atoms with Gasteiger partial charge < -0.3 is 9.80 Å². The van der Waals surface area contributed by atoms with Gasteiger partial charge in [-0.05, 0) is 17.7 Å². The molecule has 0 aliphatic carbocycles. The number of thioether (sulfide) groups is 1. The topological polar surface area (TPSA) is 40.6 Å². The minimum absolute atomic E-state index is 0.0997. The third-order valence-corrected chi connectivity index (χ3v) is 4.21. The number of carbonyl (C=O) groups excluding carboxylic acids is 2. The maximum atomic E-state index is 12.7. The lowest BCUT2D eigenvalue weighted by Gasteiger charge is -2.32. The number of hydrogen-bond acceptors (Lipinski definition) is 3. The van der Waals surface area contributed by atoms with Crippen molar-refractivity contribution in [3.05, 3.63) is 35.6 Å². The number of carbonyl (C=O) groups is 2. The molecule has 2 rings (SSSR count). The molecule has 1 fully saturated rings. The molecule has 1 aromatic rings. The summed E-state index contributed by atoms with van der Waals surface area (Å²) in [6.45, 7) is 2.43. The fourth-order valence-corrected chi connectivity index (χ4v) is 2.89. The average Bonchev–Trinajstić information content (AvgIpc) is 2.49. The van der Waals surface area contributed by atoms with E-state index in [-0.39, 0.29) is 11.7 Å². The molecule has 0 aromatic heterocycles. The zero-order valence-corrected chi connectivity index (χ0v) is 11.9. The molecule has 6 heteroatoms. The van der Waals surface area contributed by atoms with Crippen LogP contribution in [0.15, 0.2) is 24.3 Å². The smallest absolute Gasteiger partial charge is 0.232 e. The van der Waals surface area contributed by atoms with Gasteiger partial charge in [-0.25, -0.2) is 4.39 Å². The molecule has 1 saturated heterocycles. The van der Waals surface area contributed by atoms with Gasteiger partial charge in [0.05, 0.1) is 5.75 Å². The van der Waals surface area contributed by atoms with E-state index in [4.69, 9.17) is 0 Å². The van der Waals surface area contributed by atoms with Gasteiger partial charge >= 0.3 is 0 Å². The van der Waals surface area contributed by atoms with E-state index in [0.29, 0.717) is 37.7 Å². The van der Waals surface area contributed by atoms with Gasteiger partial charge in [-0.2, -0.15) is 0 Å². The van der Waals surface area contributed by atoms with E-state index in [0.717, 1.165) is 12.0 Å². The zero-order valence-electron chi connectivity index (χ0n) is 11.1. The van der Waals surface area contributed by atoms with Crippen LogP contribution in [0.3, 0.4) is 0 Å². The lowest BCUT2D eigenvalue weighted by atomic mass is 10.2. The Balaban J connectivity index is 1.70. The van der Waals surface area contributed by atoms with Crippen LogP contribution in [0.2, 0.25) is 0 Å². The summed E-state index contributed by atoms with van der Waals surface area (Å²) in [7, 11) is 0. The predicted octanol–water partition coefficient (Wildman–Crippen LogP) is 1.36. The molecule has 0 radical (unpaired) electrons. The Kier molecular flexibility index (Phi) is 5.40. The molecular formula is C14H17FN2O2S. The summed E-state index contributed by atoms with van der Waals surface area (Å²) in [5.41, 5.74) is 1.01. The van der Waals surface area contributed by atoms with Crippen molar-refractivity contribution in [3.8, 4) is 0 Å². The minimum atomic E-state index is -0.247. The summed E-state index contributed by atoms with van der Waals surface area (Å²) in [4.78, 5) is 26.0. The van der Waals surface area contributed by atoms with Crippen molar-refractivity contribution in [1.29, 1.82) is 0 Å². The Bertz CT molecular complexity index is 459. The number of piperazine rings is 1. The molecule has 0 bridgehead atoms. The highest BCUT2D eigenvalue weighted by Crippen LogP contribution is 2.14. The summed E-state index contributed by atoms with van der Waals surface area (Å²) >= 11 is 1.52. The molecule has 2 amide bonds. The molecular weight excluding hydrogens is 279 g/mol. The minimum Gasteiger partial charge on any atom is -0.342 e. The molecule has 1 aromatic carbocycles. The Morgan fingerprint density at radius 1 is 1.20 bits per heavy atom. The second-order valence-electron chi connectivity index (χ2n) is 4.64. The van der Waals surface area contributed by atoms with E-state index < -0.39 is 0 Å². The van der Waals surface area contributed by atoms with Crippen molar-refractivity contribution in [2.24, 2.45) is 0 Å². The fraction of sp³-hybridized carbons (Fsp3) is 0.429. The molecule has 1 aliphatic heterocycles. The largest absolute Gasteiger partial charge is 0.342 e. The molecule has 4 nitrogen and oxygen atoms in total. The lowest BCUT2D eigenvalue weighted by molar-refractivity contribution is -0.132. The molecule has 1 heterocycles. The van der Waals surface area contributed by atoms with Gasteiger partial charge in [-0.3, -0.25) is 9.59 Å². The number of nitrogens with zero attached hydrogens (tertiary/aromatic N) is 2. The molecule has 1 aliphatic rings. The predicted molar refractivity (Wildman–Crippen MR) is 76.8 cm³/mol. The highest BCUT2D eigenvalue weighted by Gasteiger charge is 2.19. The Labute approximate surface area is 121 Å². The van der Waals surface area contributed by atoms with E-state index in [2.05, 4.69) is 0 Å². The zero-order chi connectivity index (χ0) is 14.4. The molecule has 0 atom stereocenters. The SMILES string of the molecule is O=CN1CCN(C(=O)CSCc2ccc(F)cc2)CC1. The van der Waals surface area contributed by atoms with Gasteiger partial charge in [0.1, 0.15) is 5.82 Å². The lowest BCUT2D eigenvalue weighted by Crippen LogP contribution is -2.48. The standard InChI is InChI=1S/C14H17FN2O2S/c15-13-3-1-12(2-4-13)9-20-10-14(19)17-7-5-16(11-18)6-8-17/h1-4,11H,5-10H2. The van der Waals surface area contributed by atoms with E-state index in [9.17, 15) is 14.0 Å². The third kappa shape index (κ3) is 4.23. The fourth-order valence-electron chi connectivity index (χ4n) is 2.00. The third-order valence-electron chi connectivity index (χ3n) is 3.22. The van der Waals surface area contributed by atoms with Gasteiger partial charge in [0, 0.05) is 31.9 Å². The van der Waals surface area contributed by atoms with Crippen molar-refractivity contribution in [1.82, 2.24) is 9.80 Å². The first-order chi connectivity index (χ1) is 9.69. The molecule has 0 spiro atoms. The van der Waals surface area contributed by atoms with E-state index >= 15 is 0 Å². The van der Waals surface area contributed by atoms with Crippen LogP contribution in [0, 0.1) is 5.82 Å². The molecule has 108 valence electrons. The summed E-state index contributed by atoms with van der Waals surface area (Å²) in [6.07, 6.45) is 0.825. The van der Waals surface area contributed by atoms with Crippen molar-refractivity contribution in [3.63, 3.8) is 0 Å². The number of benzene rings is 1. The van der Waals surface area contributed by atoms with Crippen LogP contribution in [-0.4, -0.2) is 54.0 Å². The molecule has 20 heavy (non-hydrogen) atoms. The second kappa shape index (κ2) is 7.28. The summed E-state index contributed by atoms with van der Waals surface area (Å²) in [5.74, 6) is 0.962. The number of halogens is 1. The van der Waals surface area contributed by atoms with E-state index in [1.54, 1.807) is 21.9 Å².